The van der Waals surface area contributed by atoms with Crippen LogP contribution in [0.1, 0.15) is 53.4 Å². The van der Waals surface area contributed by atoms with E-state index in [1.54, 1.807) is 0 Å². The number of aromatic nitrogens is 4. The van der Waals surface area contributed by atoms with Crippen molar-refractivity contribution in [1.29, 1.82) is 5.26 Å². The largest absolute Gasteiger partial charge is 0.299 e. The minimum atomic E-state index is 0.421. The molecule has 6 nitrogen and oxygen atoms in total. The van der Waals surface area contributed by atoms with Crippen molar-refractivity contribution in [2.45, 2.75) is 44.6 Å². The molecule has 1 saturated heterocycles. The molecular weight excluding hydrogens is 336 g/mol. The van der Waals surface area contributed by atoms with Gasteiger partial charge in [0.1, 0.15) is 0 Å². The maximum atomic E-state index is 8.92. The van der Waals surface area contributed by atoms with Gasteiger partial charge in [0.25, 0.3) is 0 Å². The molecule has 0 amide bonds. The second-order valence-electron chi connectivity index (χ2n) is 7.66. The molecule has 6 heteroatoms. The molecular formula is C21H22N6. The average molecular weight is 358 g/mol. The van der Waals surface area contributed by atoms with Gasteiger partial charge in [0.05, 0.1) is 17.3 Å². The predicted octanol–water partition coefficient (Wildman–Crippen LogP) is 2.86. The molecule has 1 aliphatic heterocycles. The number of hydrogen-bond donors (Lipinski definition) is 0. The Morgan fingerprint density at radius 1 is 1.07 bits per heavy atom. The first-order chi connectivity index (χ1) is 13.3. The molecule has 0 N–H and O–H groups in total. The average Bonchev–Trinajstić information content (AvgIpc) is 3.33. The number of benzene rings is 1. The van der Waals surface area contributed by atoms with E-state index in [-0.39, 0.29) is 0 Å². The summed E-state index contributed by atoms with van der Waals surface area (Å²) in [4.78, 5) is 2.48. The maximum Gasteiger partial charge on any atom is 0.178 e. The van der Waals surface area contributed by atoms with Crippen molar-refractivity contribution >= 4 is 5.65 Å². The van der Waals surface area contributed by atoms with Crippen LogP contribution in [0.2, 0.25) is 0 Å². The lowest BCUT2D eigenvalue weighted by molar-refractivity contribution is 0.201. The van der Waals surface area contributed by atoms with Crippen molar-refractivity contribution in [1.82, 2.24) is 24.7 Å². The summed E-state index contributed by atoms with van der Waals surface area (Å²) < 4.78 is 1.99. The van der Waals surface area contributed by atoms with Crippen LogP contribution in [0, 0.1) is 11.3 Å². The number of piperidine rings is 1. The van der Waals surface area contributed by atoms with Crippen LogP contribution in [0.25, 0.3) is 5.65 Å². The third kappa shape index (κ3) is 3.08. The molecule has 2 aliphatic rings. The third-order valence-electron chi connectivity index (χ3n) is 5.89. The van der Waals surface area contributed by atoms with Crippen molar-refractivity contribution in [3.8, 4) is 6.07 Å². The van der Waals surface area contributed by atoms with Gasteiger partial charge in [-0.05, 0) is 74.5 Å². The van der Waals surface area contributed by atoms with Crippen LogP contribution in [-0.2, 0) is 19.4 Å². The van der Waals surface area contributed by atoms with E-state index in [4.69, 9.17) is 10.4 Å². The molecule has 27 heavy (non-hydrogen) atoms. The van der Waals surface area contributed by atoms with Crippen molar-refractivity contribution in [3.63, 3.8) is 0 Å². The first-order valence-electron chi connectivity index (χ1n) is 9.75. The molecule has 136 valence electrons. The molecule has 0 atom stereocenters. The van der Waals surface area contributed by atoms with Crippen molar-refractivity contribution < 1.29 is 0 Å². The Hall–Kier alpha value is -2.78. The Balaban J connectivity index is 1.28. The minimum Gasteiger partial charge on any atom is -0.299 e. The molecule has 0 radical (unpaired) electrons. The van der Waals surface area contributed by atoms with E-state index in [0.29, 0.717) is 5.92 Å². The summed E-state index contributed by atoms with van der Waals surface area (Å²) in [5, 5.41) is 22.6. The quantitative estimate of drug-likeness (QED) is 0.720. The van der Waals surface area contributed by atoms with E-state index in [1.165, 1.54) is 23.2 Å². The lowest BCUT2D eigenvalue weighted by Crippen LogP contribution is -2.33. The molecule has 3 heterocycles. The number of nitriles is 1. The summed E-state index contributed by atoms with van der Waals surface area (Å²) in [6.07, 6.45) is 5.55. The third-order valence-corrected chi connectivity index (χ3v) is 5.89. The summed E-state index contributed by atoms with van der Waals surface area (Å²) in [7, 11) is 0. The summed E-state index contributed by atoms with van der Waals surface area (Å²) in [5.74, 6) is 1.45. The number of fused-ring (bicyclic) bond motifs is 2. The van der Waals surface area contributed by atoms with Gasteiger partial charge in [-0.25, -0.2) is 0 Å². The number of likely N-dealkylation sites (tertiary alicyclic amines) is 1. The number of rotatable bonds is 3. The van der Waals surface area contributed by atoms with Crippen molar-refractivity contribution in [2.75, 3.05) is 13.1 Å². The monoisotopic (exact) mass is 358 g/mol. The SMILES string of the molecule is N#Cc1ccc(CN2CCC(c3nnc4cc5c(nn34)CCC5)CC2)cc1. The molecule has 1 aliphatic carbocycles. The van der Waals surface area contributed by atoms with Gasteiger partial charge in [0, 0.05) is 12.5 Å². The van der Waals surface area contributed by atoms with E-state index < -0.39 is 0 Å². The van der Waals surface area contributed by atoms with Gasteiger partial charge in [-0.15, -0.1) is 10.2 Å². The number of hydrogen-bond acceptors (Lipinski definition) is 5. The van der Waals surface area contributed by atoms with Gasteiger partial charge in [-0.3, -0.25) is 4.90 Å². The molecule has 1 aromatic carbocycles. The summed E-state index contributed by atoms with van der Waals surface area (Å²) >= 11 is 0. The number of aryl methyl sites for hydroxylation is 2. The fourth-order valence-corrected chi connectivity index (χ4v) is 4.34. The van der Waals surface area contributed by atoms with E-state index in [2.05, 4.69) is 39.4 Å². The van der Waals surface area contributed by atoms with Gasteiger partial charge in [-0.2, -0.15) is 14.9 Å². The zero-order valence-corrected chi connectivity index (χ0v) is 15.3. The lowest BCUT2D eigenvalue weighted by Gasteiger charge is -2.31. The van der Waals surface area contributed by atoms with Gasteiger partial charge >= 0.3 is 0 Å². The van der Waals surface area contributed by atoms with Crippen LogP contribution in [0.5, 0.6) is 0 Å². The second-order valence-corrected chi connectivity index (χ2v) is 7.66. The summed E-state index contributed by atoms with van der Waals surface area (Å²) in [5.41, 5.74) is 5.44. The number of nitrogens with zero attached hydrogens (tertiary/aromatic N) is 6. The van der Waals surface area contributed by atoms with E-state index >= 15 is 0 Å². The Bertz CT molecular complexity index is 1010. The first-order valence-corrected chi connectivity index (χ1v) is 9.75. The van der Waals surface area contributed by atoms with Gasteiger partial charge < -0.3 is 0 Å². The fourth-order valence-electron chi connectivity index (χ4n) is 4.34. The van der Waals surface area contributed by atoms with E-state index in [9.17, 15) is 0 Å². The van der Waals surface area contributed by atoms with Crippen LogP contribution in [0.4, 0.5) is 0 Å². The molecule has 0 bridgehead atoms. The van der Waals surface area contributed by atoms with Gasteiger partial charge in [-0.1, -0.05) is 12.1 Å². The highest BCUT2D eigenvalue weighted by atomic mass is 15.4. The van der Waals surface area contributed by atoms with Crippen molar-refractivity contribution in [3.05, 3.63) is 58.5 Å². The zero-order chi connectivity index (χ0) is 18.2. The molecule has 5 rings (SSSR count). The van der Waals surface area contributed by atoms with Gasteiger partial charge in [0.15, 0.2) is 11.5 Å². The lowest BCUT2D eigenvalue weighted by atomic mass is 9.95. The molecule has 0 saturated carbocycles. The molecule has 0 spiro atoms. The van der Waals surface area contributed by atoms with Crippen LogP contribution in [-0.4, -0.2) is 37.8 Å². The second kappa shape index (κ2) is 6.75. The Morgan fingerprint density at radius 3 is 2.67 bits per heavy atom. The highest BCUT2D eigenvalue weighted by molar-refractivity contribution is 5.43. The Morgan fingerprint density at radius 2 is 1.89 bits per heavy atom. The molecule has 1 fully saturated rings. The Kier molecular flexibility index (Phi) is 4.10. The van der Waals surface area contributed by atoms with E-state index in [1.807, 2.05) is 16.6 Å². The molecule has 3 aromatic rings. The van der Waals surface area contributed by atoms with Crippen molar-refractivity contribution in [2.24, 2.45) is 0 Å². The van der Waals surface area contributed by atoms with Crippen LogP contribution in [0.3, 0.4) is 0 Å². The van der Waals surface area contributed by atoms with Gasteiger partial charge in [0.2, 0.25) is 0 Å². The normalized spacial score (nSPS) is 17.9. The Labute approximate surface area is 158 Å². The highest BCUT2D eigenvalue weighted by Gasteiger charge is 2.26. The molecule has 0 unspecified atom stereocenters. The standard InChI is InChI=1S/C21H22N6/c22-13-15-4-6-16(7-5-15)14-26-10-8-17(9-11-26)21-24-23-20-12-18-2-1-3-19(18)25-27(20)21/h4-7,12,17H,1-3,8-11,14H2. The summed E-state index contributed by atoms with van der Waals surface area (Å²) in [6.45, 7) is 3.03. The zero-order valence-electron chi connectivity index (χ0n) is 15.3. The summed E-state index contributed by atoms with van der Waals surface area (Å²) in [6, 6.07) is 12.3. The first kappa shape index (κ1) is 16.4. The minimum absolute atomic E-state index is 0.421. The van der Waals surface area contributed by atoms with Crippen LogP contribution < -0.4 is 0 Å². The smallest absolute Gasteiger partial charge is 0.178 e. The maximum absolute atomic E-state index is 8.92. The highest BCUT2D eigenvalue weighted by Crippen LogP contribution is 2.29. The predicted molar refractivity (Wildman–Crippen MR) is 101 cm³/mol. The van der Waals surface area contributed by atoms with Crippen LogP contribution >= 0.6 is 0 Å². The topological polar surface area (TPSA) is 70.1 Å². The fraction of sp³-hybridized carbons (Fsp3) is 0.429. The molecule has 2 aromatic heterocycles. The van der Waals surface area contributed by atoms with E-state index in [0.717, 1.165) is 62.4 Å². The van der Waals surface area contributed by atoms with Crippen LogP contribution in [0.15, 0.2) is 30.3 Å².